The van der Waals surface area contributed by atoms with Crippen molar-refractivity contribution in [3.8, 4) is 0 Å². The summed E-state index contributed by atoms with van der Waals surface area (Å²) in [6.45, 7) is 4.02. The molecule has 0 fully saturated rings. The lowest BCUT2D eigenvalue weighted by Crippen LogP contribution is -2.17. The van der Waals surface area contributed by atoms with Crippen LogP contribution in [0, 0.1) is 0 Å². The predicted molar refractivity (Wildman–Crippen MR) is 74.0 cm³/mol. The maximum atomic E-state index is 11.9. The summed E-state index contributed by atoms with van der Waals surface area (Å²) >= 11 is 0. The first kappa shape index (κ1) is 15.4. The van der Waals surface area contributed by atoms with E-state index in [0.29, 0.717) is 12.0 Å². The Labute approximate surface area is 113 Å². The molecule has 104 valence electrons. The van der Waals surface area contributed by atoms with E-state index >= 15 is 0 Å². The quantitative estimate of drug-likeness (QED) is 0.765. The summed E-state index contributed by atoms with van der Waals surface area (Å²) in [5, 5.41) is 0. The highest BCUT2D eigenvalue weighted by atomic mass is 16.5. The molecular weight excluding hydrogens is 242 g/mol. The molecule has 0 atom stereocenters. The second-order valence-electron chi connectivity index (χ2n) is 4.46. The summed E-state index contributed by atoms with van der Waals surface area (Å²) in [7, 11) is 0. The van der Waals surface area contributed by atoms with E-state index in [9.17, 15) is 9.59 Å². The number of ketones is 1. The third kappa shape index (κ3) is 4.83. The van der Waals surface area contributed by atoms with Gasteiger partial charge in [-0.15, -0.1) is 0 Å². The Bertz CT molecular complexity index is 422. The van der Waals surface area contributed by atoms with Crippen molar-refractivity contribution in [3.05, 3.63) is 35.4 Å². The molecule has 0 radical (unpaired) electrons. The Hall–Kier alpha value is -1.68. The van der Waals surface area contributed by atoms with Crippen molar-refractivity contribution in [3.63, 3.8) is 0 Å². The van der Waals surface area contributed by atoms with Crippen LogP contribution in [-0.2, 0) is 16.0 Å². The maximum Gasteiger partial charge on any atom is 0.338 e. The lowest BCUT2D eigenvalue weighted by atomic mass is 10.1. The Kier molecular flexibility index (Phi) is 6.22. The van der Waals surface area contributed by atoms with Crippen LogP contribution < -0.4 is 5.73 Å². The van der Waals surface area contributed by atoms with Gasteiger partial charge in [-0.05, 0) is 30.5 Å². The Morgan fingerprint density at radius 3 is 2.21 bits per heavy atom. The highest BCUT2D eigenvalue weighted by Gasteiger charge is 2.12. The van der Waals surface area contributed by atoms with E-state index in [0.717, 1.165) is 18.4 Å². The van der Waals surface area contributed by atoms with Crippen molar-refractivity contribution in [2.75, 3.05) is 6.54 Å². The normalized spacial score (nSPS) is 10.5. The first-order chi connectivity index (χ1) is 9.10. The number of carbonyl (C=O) groups excluding carboxylic acids is 2. The van der Waals surface area contributed by atoms with Gasteiger partial charge in [0, 0.05) is 6.42 Å². The molecule has 0 bridgehead atoms. The number of benzene rings is 1. The molecule has 1 aromatic carbocycles. The molecule has 4 nitrogen and oxygen atoms in total. The fraction of sp³-hybridized carbons (Fsp3) is 0.467. The van der Waals surface area contributed by atoms with Crippen LogP contribution in [0.3, 0.4) is 0 Å². The lowest BCUT2D eigenvalue weighted by molar-refractivity contribution is -0.117. The van der Waals surface area contributed by atoms with Crippen LogP contribution in [0.15, 0.2) is 24.3 Å². The minimum absolute atomic E-state index is 0.0210. The molecule has 0 unspecified atom stereocenters. The van der Waals surface area contributed by atoms with Gasteiger partial charge in [0.05, 0.1) is 12.1 Å². The fourth-order valence-corrected chi connectivity index (χ4v) is 1.73. The van der Waals surface area contributed by atoms with Gasteiger partial charge in [0.2, 0.25) is 0 Å². The zero-order valence-electron chi connectivity index (χ0n) is 11.5. The smallest absolute Gasteiger partial charge is 0.338 e. The monoisotopic (exact) mass is 263 g/mol. The molecule has 19 heavy (non-hydrogen) atoms. The molecule has 0 heterocycles. The van der Waals surface area contributed by atoms with E-state index in [1.54, 1.807) is 24.3 Å². The summed E-state index contributed by atoms with van der Waals surface area (Å²) in [6, 6.07) is 6.89. The molecule has 0 aliphatic heterocycles. The molecule has 0 spiro atoms. The van der Waals surface area contributed by atoms with E-state index in [1.165, 1.54) is 0 Å². The van der Waals surface area contributed by atoms with E-state index in [4.69, 9.17) is 10.5 Å². The molecular formula is C15H21NO3. The highest BCUT2D eigenvalue weighted by Crippen LogP contribution is 2.11. The number of hydrogen-bond donors (Lipinski definition) is 1. The maximum absolute atomic E-state index is 11.9. The van der Waals surface area contributed by atoms with Crippen LogP contribution in [0.2, 0.25) is 0 Å². The van der Waals surface area contributed by atoms with Gasteiger partial charge in [-0.3, -0.25) is 4.79 Å². The van der Waals surface area contributed by atoms with Crippen LogP contribution in [0.5, 0.6) is 0 Å². The average molecular weight is 263 g/mol. The van der Waals surface area contributed by atoms with Crippen molar-refractivity contribution < 1.29 is 14.3 Å². The molecule has 1 aromatic rings. The molecule has 0 aliphatic rings. The minimum Gasteiger partial charge on any atom is -0.459 e. The summed E-state index contributed by atoms with van der Waals surface area (Å²) < 4.78 is 5.35. The largest absolute Gasteiger partial charge is 0.459 e. The first-order valence-electron chi connectivity index (χ1n) is 6.62. The number of carbonyl (C=O) groups is 2. The number of rotatable bonds is 7. The van der Waals surface area contributed by atoms with Crippen LogP contribution in [0.4, 0.5) is 0 Å². The summed E-state index contributed by atoms with van der Waals surface area (Å²) in [6.07, 6.45) is 1.89. The third-order valence-electron chi connectivity index (χ3n) is 3.00. The molecule has 0 saturated heterocycles. The number of Topliss-reactive ketones (excluding diaryl/α,β-unsaturated/α-hetero) is 1. The predicted octanol–water partition coefficient (Wildman–Crippen LogP) is 2.10. The standard InChI is InChI=1S/C15H21NO3/c1-3-14(4-2)19-15(18)12-7-5-11(6-8-12)9-13(17)10-16/h5-8,14H,3-4,9-10,16H2,1-2H3. The van der Waals surface area contributed by atoms with Gasteiger partial charge in [0.15, 0.2) is 5.78 Å². The molecule has 1 rings (SSSR count). The van der Waals surface area contributed by atoms with Gasteiger partial charge in [-0.25, -0.2) is 4.79 Å². The van der Waals surface area contributed by atoms with Crippen molar-refractivity contribution in [1.29, 1.82) is 0 Å². The van der Waals surface area contributed by atoms with E-state index in [-0.39, 0.29) is 24.4 Å². The van der Waals surface area contributed by atoms with Gasteiger partial charge in [0.25, 0.3) is 0 Å². The van der Waals surface area contributed by atoms with Gasteiger partial charge >= 0.3 is 5.97 Å². The summed E-state index contributed by atoms with van der Waals surface area (Å²) in [4.78, 5) is 23.1. The van der Waals surface area contributed by atoms with E-state index in [2.05, 4.69) is 0 Å². The van der Waals surface area contributed by atoms with Crippen molar-refractivity contribution in [2.24, 2.45) is 5.73 Å². The van der Waals surface area contributed by atoms with E-state index in [1.807, 2.05) is 13.8 Å². The van der Waals surface area contributed by atoms with Crippen LogP contribution in [0.25, 0.3) is 0 Å². The van der Waals surface area contributed by atoms with Crippen LogP contribution in [0.1, 0.15) is 42.6 Å². The minimum atomic E-state index is -0.314. The number of nitrogens with two attached hydrogens (primary N) is 1. The lowest BCUT2D eigenvalue weighted by Gasteiger charge is -2.14. The van der Waals surface area contributed by atoms with Gasteiger partial charge in [0.1, 0.15) is 6.10 Å². The Morgan fingerprint density at radius 2 is 1.74 bits per heavy atom. The number of hydrogen-bond acceptors (Lipinski definition) is 4. The van der Waals surface area contributed by atoms with Gasteiger partial charge < -0.3 is 10.5 Å². The van der Waals surface area contributed by atoms with Crippen molar-refractivity contribution in [1.82, 2.24) is 0 Å². The molecule has 0 aromatic heterocycles. The molecule has 4 heteroatoms. The average Bonchev–Trinajstić information content (AvgIpc) is 2.45. The summed E-state index contributed by atoms with van der Waals surface area (Å²) in [5.41, 5.74) is 6.63. The number of ether oxygens (including phenoxy) is 1. The highest BCUT2D eigenvalue weighted by molar-refractivity contribution is 5.89. The summed E-state index contributed by atoms with van der Waals surface area (Å²) in [5.74, 6) is -0.335. The number of esters is 1. The van der Waals surface area contributed by atoms with Crippen molar-refractivity contribution >= 4 is 11.8 Å². The fourth-order valence-electron chi connectivity index (χ4n) is 1.73. The van der Waals surface area contributed by atoms with Gasteiger partial charge in [-0.1, -0.05) is 26.0 Å². The van der Waals surface area contributed by atoms with Crippen LogP contribution >= 0.6 is 0 Å². The zero-order valence-corrected chi connectivity index (χ0v) is 11.5. The molecule has 2 N–H and O–H groups in total. The zero-order chi connectivity index (χ0) is 14.3. The van der Waals surface area contributed by atoms with Crippen LogP contribution in [-0.4, -0.2) is 24.4 Å². The second-order valence-corrected chi connectivity index (χ2v) is 4.46. The third-order valence-corrected chi connectivity index (χ3v) is 3.00. The SMILES string of the molecule is CCC(CC)OC(=O)c1ccc(CC(=O)CN)cc1. The molecule has 0 aliphatic carbocycles. The first-order valence-corrected chi connectivity index (χ1v) is 6.62. The Balaban J connectivity index is 2.65. The Morgan fingerprint density at radius 1 is 1.16 bits per heavy atom. The molecule has 0 saturated carbocycles. The second kappa shape index (κ2) is 7.69. The topological polar surface area (TPSA) is 69.4 Å². The van der Waals surface area contributed by atoms with Gasteiger partial charge in [-0.2, -0.15) is 0 Å². The van der Waals surface area contributed by atoms with E-state index < -0.39 is 0 Å². The molecule has 0 amide bonds. The van der Waals surface area contributed by atoms with Crippen molar-refractivity contribution in [2.45, 2.75) is 39.2 Å².